The molecule has 0 aromatic heterocycles. The molecular weight excluding hydrogens is 267 g/mol. The summed E-state index contributed by atoms with van der Waals surface area (Å²) in [6.07, 6.45) is -3.30. The molecule has 0 spiro atoms. The Morgan fingerprint density at radius 2 is 2.11 bits per heavy atom. The summed E-state index contributed by atoms with van der Waals surface area (Å²) in [5.74, 6) is -0.787. The van der Waals surface area contributed by atoms with Crippen LogP contribution in [0.3, 0.4) is 0 Å². The fourth-order valence-electron chi connectivity index (χ4n) is 1.25. The molecule has 0 radical (unpaired) electrons. The number of hydrogen-bond acceptors (Lipinski definition) is 1. The van der Waals surface area contributed by atoms with Gasteiger partial charge < -0.3 is 5.32 Å². The smallest absolute Gasteiger partial charge is 0.343 e. The summed E-state index contributed by atoms with van der Waals surface area (Å²) in [7, 11) is 0. The highest BCUT2D eigenvalue weighted by Gasteiger charge is 2.27. The molecule has 2 nitrogen and oxygen atoms in total. The van der Waals surface area contributed by atoms with Gasteiger partial charge in [0, 0.05) is 11.1 Å². The first kappa shape index (κ1) is 14.6. The van der Waals surface area contributed by atoms with Gasteiger partial charge in [-0.15, -0.1) is 0 Å². The summed E-state index contributed by atoms with van der Waals surface area (Å²) in [4.78, 5) is 11.2. The number of nitrogens with one attached hydrogen (secondary N) is 1. The van der Waals surface area contributed by atoms with Crippen molar-refractivity contribution in [1.29, 1.82) is 0 Å². The number of carbonyl (C=O) groups excluding carboxylic acids is 1. The van der Waals surface area contributed by atoms with Gasteiger partial charge in [0.25, 0.3) is 0 Å². The molecule has 0 heterocycles. The fourth-order valence-corrected chi connectivity index (χ4v) is 1.44. The summed E-state index contributed by atoms with van der Waals surface area (Å²) in [5, 5.41) is 2.26. The van der Waals surface area contributed by atoms with Crippen LogP contribution in [0.25, 0.3) is 5.57 Å². The first-order chi connectivity index (χ1) is 8.28. The Bertz CT molecular complexity index is 469. The van der Waals surface area contributed by atoms with E-state index in [0.717, 1.165) is 6.08 Å². The maximum atomic E-state index is 11.9. The standard InChI is InChI=1S/C12H11ClF3NO/c1-8(9-3-2-4-10(13)6-9)5-11(18)17-7-12(14,15)16/h2-6H,7H2,1H3,(H,17,18). The number of benzene rings is 1. The number of allylic oxidation sites excluding steroid dienone is 1. The summed E-state index contributed by atoms with van der Waals surface area (Å²) >= 11 is 5.77. The SMILES string of the molecule is CC(=CC(=O)NCC(F)(F)F)c1cccc(Cl)c1. The fraction of sp³-hybridized carbons (Fsp3) is 0.250. The van der Waals surface area contributed by atoms with Crippen LogP contribution in [-0.2, 0) is 4.79 Å². The number of hydrogen-bond donors (Lipinski definition) is 1. The molecular formula is C12H11ClF3NO. The van der Waals surface area contributed by atoms with Crippen LogP contribution in [0.2, 0.25) is 5.02 Å². The highest BCUT2D eigenvalue weighted by atomic mass is 35.5. The average Bonchev–Trinajstić information content (AvgIpc) is 2.25. The quantitative estimate of drug-likeness (QED) is 0.843. The molecule has 0 saturated heterocycles. The minimum atomic E-state index is -4.41. The van der Waals surface area contributed by atoms with Gasteiger partial charge in [0.05, 0.1) is 0 Å². The van der Waals surface area contributed by atoms with Gasteiger partial charge in [-0.25, -0.2) is 0 Å². The van der Waals surface area contributed by atoms with E-state index in [4.69, 9.17) is 11.6 Å². The van der Waals surface area contributed by atoms with Gasteiger partial charge in [-0.3, -0.25) is 4.79 Å². The van der Waals surface area contributed by atoms with E-state index in [0.29, 0.717) is 16.2 Å². The van der Waals surface area contributed by atoms with Crippen LogP contribution < -0.4 is 5.32 Å². The highest BCUT2D eigenvalue weighted by molar-refractivity contribution is 6.30. The summed E-state index contributed by atoms with van der Waals surface area (Å²) in [6, 6.07) is 6.71. The van der Waals surface area contributed by atoms with Crippen molar-refractivity contribution in [1.82, 2.24) is 5.32 Å². The zero-order valence-corrected chi connectivity index (χ0v) is 10.3. The molecule has 6 heteroatoms. The van der Waals surface area contributed by atoms with Gasteiger partial charge >= 0.3 is 6.18 Å². The maximum absolute atomic E-state index is 11.9. The molecule has 0 fully saturated rings. The molecule has 1 aromatic rings. The van der Waals surface area contributed by atoms with Crippen molar-refractivity contribution >= 4 is 23.1 Å². The number of carbonyl (C=O) groups is 1. The molecule has 1 amide bonds. The lowest BCUT2D eigenvalue weighted by atomic mass is 10.1. The Morgan fingerprint density at radius 3 is 2.67 bits per heavy atom. The molecule has 18 heavy (non-hydrogen) atoms. The molecule has 0 unspecified atom stereocenters. The number of rotatable bonds is 3. The van der Waals surface area contributed by atoms with Crippen LogP contribution in [0.4, 0.5) is 13.2 Å². The zero-order valence-electron chi connectivity index (χ0n) is 9.51. The van der Waals surface area contributed by atoms with Crippen molar-refractivity contribution in [3.63, 3.8) is 0 Å². The summed E-state index contributed by atoms with van der Waals surface area (Å²) < 4.78 is 35.6. The van der Waals surface area contributed by atoms with Gasteiger partial charge in [0.2, 0.25) is 5.91 Å². The molecule has 0 aliphatic rings. The van der Waals surface area contributed by atoms with E-state index >= 15 is 0 Å². The minimum Gasteiger partial charge on any atom is -0.343 e. The van der Waals surface area contributed by atoms with Gasteiger partial charge in [-0.1, -0.05) is 23.7 Å². The topological polar surface area (TPSA) is 29.1 Å². The molecule has 0 saturated carbocycles. The van der Waals surface area contributed by atoms with Gasteiger partial charge in [0.15, 0.2) is 0 Å². The van der Waals surface area contributed by atoms with Crippen molar-refractivity contribution in [2.24, 2.45) is 0 Å². The molecule has 1 N–H and O–H groups in total. The summed E-state index contributed by atoms with van der Waals surface area (Å²) in [6.45, 7) is 0.282. The zero-order chi connectivity index (χ0) is 13.8. The van der Waals surface area contributed by atoms with E-state index in [-0.39, 0.29) is 0 Å². The normalized spacial score (nSPS) is 12.4. The second kappa shape index (κ2) is 5.91. The molecule has 1 aromatic carbocycles. The van der Waals surface area contributed by atoms with E-state index in [1.54, 1.807) is 36.5 Å². The van der Waals surface area contributed by atoms with Crippen molar-refractivity contribution in [2.45, 2.75) is 13.1 Å². The van der Waals surface area contributed by atoms with Crippen LogP contribution in [-0.4, -0.2) is 18.6 Å². The first-order valence-corrected chi connectivity index (χ1v) is 5.44. The van der Waals surface area contributed by atoms with Gasteiger partial charge in [0.1, 0.15) is 6.54 Å². The van der Waals surface area contributed by atoms with Crippen LogP contribution in [0.1, 0.15) is 12.5 Å². The monoisotopic (exact) mass is 277 g/mol. The Kier molecular flexibility index (Phi) is 4.78. The molecule has 0 aliphatic carbocycles. The summed E-state index contributed by atoms with van der Waals surface area (Å²) in [5.41, 5.74) is 1.22. The van der Waals surface area contributed by atoms with Crippen LogP contribution >= 0.6 is 11.6 Å². The first-order valence-electron chi connectivity index (χ1n) is 5.07. The lowest BCUT2D eigenvalue weighted by Gasteiger charge is -2.07. The molecule has 1 rings (SSSR count). The molecule has 0 aliphatic heterocycles. The Morgan fingerprint density at radius 1 is 1.44 bits per heavy atom. The van der Waals surface area contributed by atoms with E-state index < -0.39 is 18.6 Å². The number of halogens is 4. The van der Waals surface area contributed by atoms with Crippen LogP contribution in [0.5, 0.6) is 0 Å². The molecule has 98 valence electrons. The van der Waals surface area contributed by atoms with E-state index in [9.17, 15) is 18.0 Å². The lowest BCUT2D eigenvalue weighted by Crippen LogP contribution is -2.32. The third-order valence-electron chi connectivity index (χ3n) is 2.09. The Labute approximate surface area is 107 Å². The maximum Gasteiger partial charge on any atom is 0.405 e. The minimum absolute atomic E-state index is 0.496. The number of alkyl halides is 3. The van der Waals surface area contributed by atoms with Crippen molar-refractivity contribution in [3.05, 3.63) is 40.9 Å². The van der Waals surface area contributed by atoms with Crippen molar-refractivity contribution in [3.8, 4) is 0 Å². The largest absolute Gasteiger partial charge is 0.405 e. The molecule has 0 atom stereocenters. The Hall–Kier alpha value is -1.49. The number of amides is 1. The third kappa shape index (κ3) is 5.23. The van der Waals surface area contributed by atoms with E-state index in [2.05, 4.69) is 0 Å². The molecule has 0 bridgehead atoms. The predicted octanol–water partition coefficient (Wildman–Crippen LogP) is 3.42. The lowest BCUT2D eigenvalue weighted by molar-refractivity contribution is -0.135. The third-order valence-corrected chi connectivity index (χ3v) is 2.33. The van der Waals surface area contributed by atoms with E-state index in [1.807, 2.05) is 0 Å². The van der Waals surface area contributed by atoms with Crippen LogP contribution in [0, 0.1) is 0 Å². The van der Waals surface area contributed by atoms with Crippen molar-refractivity contribution < 1.29 is 18.0 Å². The van der Waals surface area contributed by atoms with E-state index in [1.165, 1.54) is 0 Å². The highest BCUT2D eigenvalue weighted by Crippen LogP contribution is 2.18. The predicted molar refractivity (Wildman–Crippen MR) is 64.2 cm³/mol. The second-order valence-electron chi connectivity index (χ2n) is 3.67. The van der Waals surface area contributed by atoms with Gasteiger partial charge in [-0.05, 0) is 30.2 Å². The average molecular weight is 278 g/mol. The Balaban J connectivity index is 2.69. The van der Waals surface area contributed by atoms with Crippen LogP contribution in [0.15, 0.2) is 30.3 Å². The van der Waals surface area contributed by atoms with Gasteiger partial charge in [-0.2, -0.15) is 13.2 Å². The van der Waals surface area contributed by atoms with Crippen molar-refractivity contribution in [2.75, 3.05) is 6.54 Å². The second-order valence-corrected chi connectivity index (χ2v) is 4.11.